The molecule has 0 amide bonds. The van der Waals surface area contributed by atoms with Crippen molar-refractivity contribution in [2.75, 3.05) is 0 Å². The van der Waals surface area contributed by atoms with Crippen LogP contribution in [-0.4, -0.2) is 9.13 Å². The summed E-state index contributed by atoms with van der Waals surface area (Å²) in [5.74, 6) is 0.390. The summed E-state index contributed by atoms with van der Waals surface area (Å²) in [6.07, 6.45) is 0. The number of hydrogen-bond acceptors (Lipinski definition) is 0. The smallest absolute Gasteiger partial charge is 0.0544 e. The van der Waals surface area contributed by atoms with Crippen LogP contribution in [-0.2, 0) is 0 Å². The van der Waals surface area contributed by atoms with Crippen LogP contribution in [0.25, 0.3) is 88.4 Å². The van der Waals surface area contributed by atoms with Crippen molar-refractivity contribution in [2.45, 2.75) is 11.8 Å². The zero-order valence-electron chi connectivity index (χ0n) is 35.0. The van der Waals surface area contributed by atoms with E-state index in [4.69, 9.17) is 0 Å². The molecule has 64 heavy (non-hydrogen) atoms. The number of para-hydroxylation sites is 2. The summed E-state index contributed by atoms with van der Waals surface area (Å²) in [4.78, 5) is 0. The molecular weight excluding hydrogens is 773 g/mol. The fraction of sp³-hybridized carbons (Fsp3) is 0.0323. The van der Waals surface area contributed by atoms with Gasteiger partial charge < -0.3 is 9.13 Å². The van der Waals surface area contributed by atoms with Gasteiger partial charge in [-0.1, -0.05) is 182 Å². The van der Waals surface area contributed by atoms with Crippen molar-refractivity contribution in [3.63, 3.8) is 0 Å². The van der Waals surface area contributed by atoms with Crippen molar-refractivity contribution < 1.29 is 0 Å². The largest absolute Gasteiger partial charge is 0.309 e. The van der Waals surface area contributed by atoms with Crippen LogP contribution in [0.5, 0.6) is 0 Å². The molecule has 0 bridgehead atoms. The number of hydrogen-bond donors (Lipinski definition) is 0. The summed E-state index contributed by atoms with van der Waals surface area (Å²) < 4.78 is 4.90. The number of rotatable bonds is 5. The van der Waals surface area contributed by atoms with Crippen molar-refractivity contribution >= 4 is 43.6 Å². The lowest BCUT2D eigenvalue weighted by atomic mass is 9.89. The summed E-state index contributed by atoms with van der Waals surface area (Å²) in [6.45, 7) is 0. The van der Waals surface area contributed by atoms with Gasteiger partial charge in [0.25, 0.3) is 0 Å². The van der Waals surface area contributed by atoms with E-state index in [2.05, 4.69) is 240 Å². The number of aromatic nitrogens is 2. The molecular formula is C62H40N2. The third-order valence-corrected chi connectivity index (χ3v) is 14.3. The monoisotopic (exact) mass is 812 g/mol. The van der Waals surface area contributed by atoms with Crippen LogP contribution in [0.3, 0.4) is 0 Å². The van der Waals surface area contributed by atoms with Crippen molar-refractivity contribution in [3.05, 3.63) is 264 Å². The van der Waals surface area contributed by atoms with Crippen LogP contribution >= 0.6 is 0 Å². The van der Waals surface area contributed by atoms with Gasteiger partial charge in [-0.2, -0.15) is 0 Å². The maximum atomic E-state index is 2.45. The quantitative estimate of drug-likeness (QED) is 0.164. The van der Waals surface area contributed by atoms with Gasteiger partial charge in [0.15, 0.2) is 0 Å². The third kappa shape index (κ3) is 5.08. The molecule has 2 heterocycles. The van der Waals surface area contributed by atoms with Gasteiger partial charge in [-0.15, -0.1) is 0 Å². The van der Waals surface area contributed by atoms with Crippen LogP contribution < -0.4 is 0 Å². The Morgan fingerprint density at radius 3 is 0.938 bits per heavy atom. The molecule has 2 aromatic heterocycles. The first kappa shape index (κ1) is 35.4. The zero-order chi connectivity index (χ0) is 41.9. The molecule has 0 spiro atoms. The molecule has 0 fully saturated rings. The van der Waals surface area contributed by atoms with E-state index in [9.17, 15) is 0 Å². The Labute approximate surface area is 371 Å². The Kier molecular flexibility index (Phi) is 7.55. The van der Waals surface area contributed by atoms with Crippen LogP contribution in [0.1, 0.15) is 45.2 Å². The summed E-state index contributed by atoms with van der Waals surface area (Å²) in [5, 5.41) is 5.08. The van der Waals surface area contributed by atoms with Crippen molar-refractivity contribution in [2.24, 2.45) is 0 Å². The zero-order valence-corrected chi connectivity index (χ0v) is 35.0. The molecule has 298 valence electrons. The fourth-order valence-electron chi connectivity index (χ4n) is 11.5. The predicted octanol–water partition coefficient (Wildman–Crippen LogP) is 15.9. The molecule has 12 aromatic rings. The van der Waals surface area contributed by atoms with E-state index in [1.54, 1.807) is 0 Å². The Balaban J connectivity index is 0.841. The average Bonchev–Trinajstić information content (AvgIpc) is 4.09. The highest BCUT2D eigenvalue weighted by molar-refractivity contribution is 6.10. The Hall–Kier alpha value is -8.20. The number of nitrogens with zero attached hydrogens (tertiary/aromatic N) is 2. The second-order valence-electron chi connectivity index (χ2n) is 17.6. The molecule has 0 radical (unpaired) electrons. The minimum atomic E-state index is 0.195. The van der Waals surface area contributed by atoms with Gasteiger partial charge >= 0.3 is 0 Å². The topological polar surface area (TPSA) is 9.86 Å². The van der Waals surface area contributed by atoms with E-state index in [-0.39, 0.29) is 11.8 Å². The Morgan fingerprint density at radius 2 is 0.562 bits per heavy atom. The highest BCUT2D eigenvalue weighted by Gasteiger charge is 2.31. The summed E-state index contributed by atoms with van der Waals surface area (Å²) >= 11 is 0. The molecule has 2 aliphatic carbocycles. The lowest BCUT2D eigenvalue weighted by Crippen LogP contribution is -2.00. The van der Waals surface area contributed by atoms with Gasteiger partial charge in [0, 0.05) is 44.8 Å². The van der Waals surface area contributed by atoms with Crippen LogP contribution in [0.15, 0.2) is 231 Å². The van der Waals surface area contributed by atoms with E-state index < -0.39 is 0 Å². The van der Waals surface area contributed by atoms with Crippen molar-refractivity contribution in [1.82, 2.24) is 9.13 Å². The summed E-state index contributed by atoms with van der Waals surface area (Å²) in [5.41, 5.74) is 23.1. The maximum absolute atomic E-state index is 2.45. The molecule has 0 N–H and O–H groups in total. The minimum absolute atomic E-state index is 0.195. The van der Waals surface area contributed by atoms with Gasteiger partial charge in [0.05, 0.1) is 22.1 Å². The van der Waals surface area contributed by atoms with Gasteiger partial charge in [0.1, 0.15) is 0 Å². The van der Waals surface area contributed by atoms with Crippen molar-refractivity contribution in [3.8, 4) is 44.8 Å². The number of benzene rings is 10. The first-order chi connectivity index (χ1) is 31.8. The van der Waals surface area contributed by atoms with E-state index in [1.165, 1.54) is 110 Å². The molecule has 10 aromatic carbocycles. The van der Waals surface area contributed by atoms with E-state index >= 15 is 0 Å². The first-order valence-corrected chi connectivity index (χ1v) is 22.4. The highest BCUT2D eigenvalue weighted by atomic mass is 15.0. The number of fused-ring (bicyclic) bond motifs is 12. The fourth-order valence-corrected chi connectivity index (χ4v) is 11.5. The highest BCUT2D eigenvalue weighted by Crippen LogP contribution is 2.50. The summed E-state index contributed by atoms with van der Waals surface area (Å²) in [7, 11) is 0. The van der Waals surface area contributed by atoms with Gasteiger partial charge in [-0.05, 0) is 115 Å². The molecule has 2 heteroatoms. The SMILES string of the molecule is c1ccc2c(c1)-c1ccccc1C2c1ccc2c3ccccc3n(-c3ccc(-c4ccc(-n5c6ccccc6c6ccc(C7c8ccccc8-c8ccccc87)cc65)cc4)cc3)c2c1. The van der Waals surface area contributed by atoms with E-state index in [1.807, 2.05) is 0 Å². The Morgan fingerprint density at radius 1 is 0.250 bits per heavy atom. The second kappa shape index (κ2) is 13.6. The average molecular weight is 813 g/mol. The molecule has 0 aliphatic heterocycles. The molecule has 0 saturated carbocycles. The normalized spacial score (nSPS) is 13.2. The lowest BCUT2D eigenvalue weighted by Gasteiger charge is -2.16. The lowest BCUT2D eigenvalue weighted by molar-refractivity contribution is 1.02. The Bertz CT molecular complexity index is 3500. The maximum Gasteiger partial charge on any atom is 0.0544 e. The van der Waals surface area contributed by atoms with Crippen molar-refractivity contribution in [1.29, 1.82) is 0 Å². The molecule has 2 nitrogen and oxygen atoms in total. The van der Waals surface area contributed by atoms with Crippen LogP contribution in [0.4, 0.5) is 0 Å². The van der Waals surface area contributed by atoms with E-state index in [0.717, 1.165) is 11.4 Å². The molecule has 0 saturated heterocycles. The summed E-state index contributed by atoms with van der Waals surface area (Å²) in [6, 6.07) is 85.8. The van der Waals surface area contributed by atoms with Crippen LogP contribution in [0.2, 0.25) is 0 Å². The third-order valence-electron chi connectivity index (χ3n) is 14.3. The standard InChI is InChI=1S/C62H40N2/c1-5-19-53-45(13-1)46-14-2-6-20-54(46)61(53)41-29-35-51-49-17-9-11-23-57(49)63(59(51)37-41)43-31-25-39(26-32-43)40-27-33-44(34-28-40)64-58-24-12-10-18-50(58)52-36-30-42(38-60(52)64)62-55-21-7-3-15-47(55)48-16-4-8-22-56(48)62/h1-38,61-62H. The molecule has 0 unspecified atom stereocenters. The first-order valence-electron chi connectivity index (χ1n) is 22.4. The predicted molar refractivity (Wildman–Crippen MR) is 266 cm³/mol. The minimum Gasteiger partial charge on any atom is -0.309 e. The molecule has 2 aliphatic rings. The second-order valence-corrected chi connectivity index (χ2v) is 17.6. The van der Waals surface area contributed by atoms with E-state index in [0.29, 0.717) is 0 Å². The van der Waals surface area contributed by atoms with Crippen LogP contribution in [0, 0.1) is 0 Å². The molecule has 14 rings (SSSR count). The molecule has 0 atom stereocenters. The van der Waals surface area contributed by atoms with Gasteiger partial charge in [-0.25, -0.2) is 0 Å². The van der Waals surface area contributed by atoms with Gasteiger partial charge in [-0.3, -0.25) is 0 Å². The van der Waals surface area contributed by atoms with Gasteiger partial charge in [0.2, 0.25) is 0 Å².